The molecule has 0 fully saturated rings. The highest BCUT2D eigenvalue weighted by Crippen LogP contribution is 2.20. The third-order valence-corrected chi connectivity index (χ3v) is 2.41. The molecule has 2 N–H and O–H groups in total. The first-order chi connectivity index (χ1) is 6.70. The van der Waals surface area contributed by atoms with E-state index in [1.54, 1.807) is 13.0 Å². The van der Waals surface area contributed by atoms with E-state index in [0.717, 1.165) is 5.56 Å². The van der Waals surface area contributed by atoms with Crippen molar-refractivity contribution >= 4 is 27.6 Å². The Morgan fingerprint density at radius 2 is 2.29 bits per heavy atom. The van der Waals surface area contributed by atoms with Crippen LogP contribution >= 0.6 is 15.9 Å². The number of benzene rings is 1. The summed E-state index contributed by atoms with van der Waals surface area (Å²) in [6.07, 6.45) is 0. The van der Waals surface area contributed by atoms with Crippen molar-refractivity contribution in [2.75, 3.05) is 12.3 Å². The second kappa shape index (κ2) is 5.00. The van der Waals surface area contributed by atoms with Crippen molar-refractivity contribution in [2.24, 2.45) is 0 Å². The number of esters is 1. The van der Waals surface area contributed by atoms with Crippen LogP contribution in [0.2, 0.25) is 0 Å². The monoisotopic (exact) mass is 257 g/mol. The van der Waals surface area contributed by atoms with Gasteiger partial charge in [0.25, 0.3) is 0 Å². The van der Waals surface area contributed by atoms with Crippen LogP contribution < -0.4 is 5.73 Å². The predicted molar refractivity (Wildman–Crippen MR) is 59.4 cm³/mol. The lowest BCUT2D eigenvalue weighted by Crippen LogP contribution is -2.10. The summed E-state index contributed by atoms with van der Waals surface area (Å²) < 4.78 is 4.91. The van der Waals surface area contributed by atoms with Crippen molar-refractivity contribution in [3.8, 4) is 0 Å². The summed E-state index contributed by atoms with van der Waals surface area (Å²) in [7, 11) is 0. The Bertz CT molecular complexity index is 339. The number of alkyl halides is 1. The fraction of sp³-hybridized carbons (Fsp3) is 0.300. The molecule has 0 saturated carbocycles. The van der Waals surface area contributed by atoms with Gasteiger partial charge in [-0.05, 0) is 18.6 Å². The number of halogens is 1. The first kappa shape index (κ1) is 11.0. The Kier molecular flexibility index (Phi) is 3.95. The second-order valence-corrected chi connectivity index (χ2v) is 3.30. The largest absolute Gasteiger partial charge is 0.462 e. The van der Waals surface area contributed by atoms with Crippen LogP contribution in [-0.2, 0) is 10.1 Å². The topological polar surface area (TPSA) is 52.3 Å². The molecule has 0 bridgehead atoms. The van der Waals surface area contributed by atoms with E-state index >= 15 is 0 Å². The number of ether oxygens (including phenoxy) is 1. The van der Waals surface area contributed by atoms with E-state index in [2.05, 4.69) is 15.9 Å². The normalized spacial score (nSPS) is 9.86. The van der Waals surface area contributed by atoms with Crippen molar-refractivity contribution in [1.29, 1.82) is 0 Å². The Morgan fingerprint density at radius 3 is 2.86 bits per heavy atom. The zero-order valence-electron chi connectivity index (χ0n) is 7.92. The number of nitrogen functional groups attached to an aromatic ring is 1. The van der Waals surface area contributed by atoms with E-state index in [1.165, 1.54) is 0 Å². The lowest BCUT2D eigenvalue weighted by Gasteiger charge is -2.08. The highest BCUT2D eigenvalue weighted by Gasteiger charge is 2.14. The van der Waals surface area contributed by atoms with Crippen LogP contribution in [0.15, 0.2) is 18.2 Å². The summed E-state index contributed by atoms with van der Waals surface area (Å²) in [5, 5.41) is 0.589. The van der Waals surface area contributed by atoms with Crippen molar-refractivity contribution < 1.29 is 9.53 Å². The van der Waals surface area contributed by atoms with Crippen LogP contribution in [-0.4, -0.2) is 12.6 Å². The Labute approximate surface area is 91.4 Å². The molecule has 1 aromatic rings. The third kappa shape index (κ3) is 2.26. The van der Waals surface area contributed by atoms with E-state index in [0.29, 0.717) is 23.2 Å². The Morgan fingerprint density at radius 1 is 1.57 bits per heavy atom. The molecule has 0 aliphatic rings. The van der Waals surface area contributed by atoms with Crippen molar-refractivity contribution in [3.05, 3.63) is 29.3 Å². The first-order valence-electron chi connectivity index (χ1n) is 4.31. The average molecular weight is 258 g/mol. The van der Waals surface area contributed by atoms with E-state index < -0.39 is 0 Å². The average Bonchev–Trinajstić information content (AvgIpc) is 2.17. The lowest BCUT2D eigenvalue weighted by atomic mass is 10.1. The molecule has 0 saturated heterocycles. The van der Waals surface area contributed by atoms with Gasteiger partial charge in [0.05, 0.1) is 12.2 Å². The minimum atomic E-state index is -0.361. The van der Waals surface area contributed by atoms with Crippen LogP contribution in [0.3, 0.4) is 0 Å². The summed E-state index contributed by atoms with van der Waals surface area (Å²) in [6.45, 7) is 2.12. The van der Waals surface area contributed by atoms with Gasteiger partial charge in [0.15, 0.2) is 0 Å². The zero-order chi connectivity index (χ0) is 10.6. The van der Waals surface area contributed by atoms with E-state index in [9.17, 15) is 4.79 Å². The van der Waals surface area contributed by atoms with Gasteiger partial charge < -0.3 is 10.5 Å². The molecular weight excluding hydrogens is 246 g/mol. The van der Waals surface area contributed by atoms with Gasteiger partial charge >= 0.3 is 5.97 Å². The molecule has 0 aliphatic carbocycles. The Hall–Kier alpha value is -1.03. The molecule has 0 spiro atoms. The number of carbonyl (C=O) groups is 1. The molecule has 0 atom stereocenters. The molecule has 14 heavy (non-hydrogen) atoms. The predicted octanol–water partition coefficient (Wildman–Crippen LogP) is 2.34. The first-order valence-corrected chi connectivity index (χ1v) is 5.43. The summed E-state index contributed by atoms with van der Waals surface area (Å²) in [4.78, 5) is 11.5. The van der Waals surface area contributed by atoms with Crippen molar-refractivity contribution in [2.45, 2.75) is 12.3 Å². The van der Waals surface area contributed by atoms with E-state index in [4.69, 9.17) is 10.5 Å². The maximum absolute atomic E-state index is 11.5. The van der Waals surface area contributed by atoms with Crippen LogP contribution in [0.5, 0.6) is 0 Å². The van der Waals surface area contributed by atoms with Gasteiger partial charge in [-0.1, -0.05) is 28.1 Å². The molecule has 3 nitrogen and oxygen atoms in total. The molecule has 0 amide bonds. The van der Waals surface area contributed by atoms with Gasteiger partial charge in [-0.3, -0.25) is 0 Å². The van der Waals surface area contributed by atoms with Gasteiger partial charge in [-0.25, -0.2) is 4.79 Å². The Balaban J connectivity index is 3.10. The molecule has 0 radical (unpaired) electrons. The maximum atomic E-state index is 11.5. The number of rotatable bonds is 3. The SMILES string of the molecule is CCOC(=O)c1c(N)cccc1CBr. The number of hydrogen-bond donors (Lipinski definition) is 1. The summed E-state index contributed by atoms with van der Waals surface area (Å²) >= 11 is 3.30. The van der Waals surface area contributed by atoms with Crippen LogP contribution in [0, 0.1) is 0 Å². The number of hydrogen-bond acceptors (Lipinski definition) is 3. The smallest absolute Gasteiger partial charge is 0.340 e. The van der Waals surface area contributed by atoms with Gasteiger partial charge in [-0.15, -0.1) is 0 Å². The standard InChI is InChI=1S/C10H12BrNO2/c1-2-14-10(13)9-7(6-11)4-3-5-8(9)12/h3-5H,2,6,12H2,1H3. The van der Waals surface area contributed by atoms with Crippen LogP contribution in [0.25, 0.3) is 0 Å². The summed E-state index contributed by atoms with van der Waals surface area (Å²) in [5.41, 5.74) is 7.48. The molecule has 4 heteroatoms. The highest BCUT2D eigenvalue weighted by molar-refractivity contribution is 9.08. The molecule has 0 heterocycles. The van der Waals surface area contributed by atoms with Gasteiger partial charge in [0.2, 0.25) is 0 Å². The maximum Gasteiger partial charge on any atom is 0.340 e. The lowest BCUT2D eigenvalue weighted by molar-refractivity contribution is 0.0527. The van der Waals surface area contributed by atoms with Gasteiger partial charge in [0, 0.05) is 11.0 Å². The fourth-order valence-corrected chi connectivity index (χ4v) is 1.65. The summed E-state index contributed by atoms with van der Waals surface area (Å²) in [5.74, 6) is -0.361. The molecule has 0 aromatic heterocycles. The zero-order valence-corrected chi connectivity index (χ0v) is 9.50. The molecular formula is C10H12BrNO2. The molecule has 0 unspecified atom stereocenters. The number of nitrogens with two attached hydrogens (primary N) is 1. The van der Waals surface area contributed by atoms with Crippen LogP contribution in [0.1, 0.15) is 22.8 Å². The molecule has 1 rings (SSSR count). The summed E-state index contributed by atoms with van der Waals surface area (Å²) in [6, 6.07) is 5.35. The molecule has 76 valence electrons. The minimum Gasteiger partial charge on any atom is -0.462 e. The van der Waals surface area contributed by atoms with E-state index in [-0.39, 0.29) is 5.97 Å². The van der Waals surface area contributed by atoms with E-state index in [1.807, 2.05) is 12.1 Å². The molecule has 0 aliphatic heterocycles. The number of carbonyl (C=O) groups excluding carboxylic acids is 1. The minimum absolute atomic E-state index is 0.356. The number of anilines is 1. The third-order valence-electron chi connectivity index (χ3n) is 1.81. The highest BCUT2D eigenvalue weighted by atomic mass is 79.9. The van der Waals surface area contributed by atoms with Crippen molar-refractivity contribution in [3.63, 3.8) is 0 Å². The quantitative estimate of drug-likeness (QED) is 0.514. The van der Waals surface area contributed by atoms with Gasteiger partial charge in [0.1, 0.15) is 0 Å². The van der Waals surface area contributed by atoms with Crippen LogP contribution in [0.4, 0.5) is 5.69 Å². The second-order valence-electron chi connectivity index (χ2n) is 2.74. The fourth-order valence-electron chi connectivity index (χ4n) is 1.18. The van der Waals surface area contributed by atoms with Crippen molar-refractivity contribution in [1.82, 2.24) is 0 Å². The molecule has 1 aromatic carbocycles. The van der Waals surface area contributed by atoms with Gasteiger partial charge in [-0.2, -0.15) is 0 Å².